The molecule has 7 heteroatoms. The normalized spacial score (nSPS) is 21.6. The smallest absolute Gasteiger partial charge is 0.191 e. The summed E-state index contributed by atoms with van der Waals surface area (Å²) in [5.74, 6) is 2.13. The number of aromatic nitrogens is 1. The number of rotatable bonds is 7. The van der Waals surface area contributed by atoms with Gasteiger partial charge in [0.2, 0.25) is 0 Å². The molecule has 0 aliphatic heterocycles. The predicted molar refractivity (Wildman–Crippen MR) is 109 cm³/mol. The Morgan fingerprint density at radius 3 is 2.92 bits per heavy atom. The minimum Gasteiger partial charge on any atom is -0.357 e. The average Bonchev–Trinajstić information content (AvgIpc) is 3.03. The van der Waals surface area contributed by atoms with Crippen LogP contribution in [0, 0.1) is 0 Å². The number of aliphatic imine (C=N–C) groups is 1. The van der Waals surface area contributed by atoms with Crippen LogP contribution in [-0.4, -0.2) is 48.6 Å². The number of anilines is 1. The maximum atomic E-state index is 4.73. The molecule has 0 bridgehead atoms. The van der Waals surface area contributed by atoms with Gasteiger partial charge in [0.05, 0.1) is 12.2 Å². The summed E-state index contributed by atoms with van der Waals surface area (Å²) in [5.41, 5.74) is 1.03. The van der Waals surface area contributed by atoms with E-state index in [1.54, 1.807) is 11.3 Å². The van der Waals surface area contributed by atoms with Gasteiger partial charge in [-0.05, 0) is 31.9 Å². The second kappa shape index (κ2) is 10.1. The van der Waals surface area contributed by atoms with Gasteiger partial charge >= 0.3 is 0 Å². The molecule has 2 atom stereocenters. The van der Waals surface area contributed by atoms with E-state index in [2.05, 4.69) is 46.6 Å². The number of hydrogen-bond donors (Lipinski definition) is 2. The second-order valence-electron chi connectivity index (χ2n) is 6.30. The molecule has 2 unspecified atom stereocenters. The third-order valence-electron chi connectivity index (χ3n) is 4.03. The third-order valence-corrected chi connectivity index (χ3v) is 6.32. The van der Waals surface area contributed by atoms with Crippen molar-refractivity contribution in [3.63, 3.8) is 0 Å². The lowest BCUT2D eigenvalue weighted by molar-refractivity contribution is 0.419. The molecule has 0 aromatic carbocycles. The Bertz CT molecular complexity index is 513. The molecule has 0 amide bonds. The zero-order valence-corrected chi connectivity index (χ0v) is 17.0. The monoisotopic (exact) mass is 369 g/mol. The van der Waals surface area contributed by atoms with Crippen LogP contribution in [0.4, 0.5) is 5.13 Å². The van der Waals surface area contributed by atoms with Gasteiger partial charge in [-0.1, -0.05) is 13.3 Å². The van der Waals surface area contributed by atoms with Crippen molar-refractivity contribution in [3.05, 3.63) is 11.1 Å². The van der Waals surface area contributed by atoms with Gasteiger partial charge in [0.15, 0.2) is 11.1 Å². The summed E-state index contributed by atoms with van der Waals surface area (Å²) in [6, 6.07) is 0.536. The van der Waals surface area contributed by atoms with Crippen LogP contribution in [0.25, 0.3) is 0 Å². The highest BCUT2D eigenvalue weighted by molar-refractivity contribution is 7.99. The first-order chi connectivity index (χ1) is 11.6. The van der Waals surface area contributed by atoms with Crippen LogP contribution in [0.2, 0.25) is 0 Å². The minimum absolute atomic E-state index is 0.536. The van der Waals surface area contributed by atoms with E-state index in [0.29, 0.717) is 12.6 Å². The van der Waals surface area contributed by atoms with E-state index in [0.717, 1.165) is 28.6 Å². The Morgan fingerprint density at radius 1 is 1.42 bits per heavy atom. The molecule has 24 heavy (non-hydrogen) atoms. The van der Waals surface area contributed by atoms with Gasteiger partial charge in [-0.2, -0.15) is 11.8 Å². The Kier molecular flexibility index (Phi) is 8.18. The summed E-state index contributed by atoms with van der Waals surface area (Å²) in [6.45, 7) is 5.87. The highest BCUT2D eigenvalue weighted by Gasteiger charge is 2.22. The standard InChI is InChI=1S/C17H31N5S2/c1-5-18-16(19-11-14-12-24-17(21-14)22(3)4)20-13-8-7-9-15(10-13)23-6-2/h12-13,15H,5-11H2,1-4H3,(H2,18,19,20). The van der Waals surface area contributed by atoms with Gasteiger partial charge in [0, 0.05) is 37.3 Å². The summed E-state index contributed by atoms with van der Waals surface area (Å²) < 4.78 is 0. The van der Waals surface area contributed by atoms with Crippen LogP contribution in [0.15, 0.2) is 10.4 Å². The van der Waals surface area contributed by atoms with E-state index in [1.165, 1.54) is 31.4 Å². The van der Waals surface area contributed by atoms with Gasteiger partial charge in [0.1, 0.15) is 0 Å². The number of hydrogen-bond acceptors (Lipinski definition) is 5. The number of nitrogens with one attached hydrogen (secondary N) is 2. The zero-order chi connectivity index (χ0) is 17.4. The molecule has 2 rings (SSSR count). The van der Waals surface area contributed by atoms with E-state index in [4.69, 9.17) is 4.99 Å². The second-order valence-corrected chi connectivity index (χ2v) is 8.71. The molecule has 136 valence electrons. The summed E-state index contributed by atoms with van der Waals surface area (Å²) in [5, 5.41) is 10.9. The van der Waals surface area contributed by atoms with Crippen molar-refractivity contribution < 1.29 is 0 Å². The average molecular weight is 370 g/mol. The molecule has 1 heterocycles. The van der Waals surface area contributed by atoms with E-state index >= 15 is 0 Å². The molecule has 1 aromatic rings. The molecule has 0 radical (unpaired) electrons. The van der Waals surface area contributed by atoms with Gasteiger partial charge in [0.25, 0.3) is 0 Å². The molecule has 0 spiro atoms. The van der Waals surface area contributed by atoms with Crippen molar-refractivity contribution in [2.45, 2.75) is 57.4 Å². The Labute approximate surface area is 154 Å². The predicted octanol–water partition coefficient (Wildman–Crippen LogP) is 3.33. The van der Waals surface area contributed by atoms with Gasteiger partial charge < -0.3 is 15.5 Å². The first kappa shape index (κ1) is 19.4. The first-order valence-corrected chi connectivity index (χ1v) is 10.8. The van der Waals surface area contributed by atoms with E-state index in [-0.39, 0.29) is 0 Å². The fraction of sp³-hybridized carbons (Fsp3) is 0.765. The van der Waals surface area contributed by atoms with Crippen molar-refractivity contribution in [1.29, 1.82) is 0 Å². The molecule has 0 saturated heterocycles. The summed E-state index contributed by atoms with van der Waals surface area (Å²) in [6.07, 6.45) is 5.15. The summed E-state index contributed by atoms with van der Waals surface area (Å²) in [7, 11) is 4.04. The van der Waals surface area contributed by atoms with Gasteiger partial charge in [-0.3, -0.25) is 0 Å². The van der Waals surface area contributed by atoms with Crippen LogP contribution in [-0.2, 0) is 6.54 Å². The number of thiazole rings is 1. The molecule has 1 aromatic heterocycles. The van der Waals surface area contributed by atoms with Crippen LogP contribution < -0.4 is 15.5 Å². The van der Waals surface area contributed by atoms with Crippen LogP contribution in [0.1, 0.15) is 45.2 Å². The first-order valence-electron chi connectivity index (χ1n) is 8.90. The molecular weight excluding hydrogens is 338 g/mol. The molecular formula is C17H31N5S2. The summed E-state index contributed by atoms with van der Waals surface area (Å²) >= 11 is 3.76. The van der Waals surface area contributed by atoms with Crippen LogP contribution in [0.5, 0.6) is 0 Å². The fourth-order valence-corrected chi connectivity index (χ4v) is 4.83. The number of guanidine groups is 1. The van der Waals surface area contributed by atoms with Gasteiger partial charge in [-0.25, -0.2) is 9.98 Å². The highest BCUT2D eigenvalue weighted by Crippen LogP contribution is 2.28. The Morgan fingerprint density at radius 2 is 2.25 bits per heavy atom. The maximum Gasteiger partial charge on any atom is 0.191 e. The molecule has 1 aliphatic rings. The third kappa shape index (κ3) is 6.16. The van der Waals surface area contributed by atoms with Gasteiger partial charge in [-0.15, -0.1) is 11.3 Å². The molecule has 1 fully saturated rings. The lowest BCUT2D eigenvalue weighted by Crippen LogP contribution is -2.45. The lowest BCUT2D eigenvalue weighted by atomic mass is 9.95. The Balaban J connectivity index is 1.92. The van der Waals surface area contributed by atoms with Crippen LogP contribution >= 0.6 is 23.1 Å². The molecule has 5 nitrogen and oxygen atoms in total. The van der Waals surface area contributed by atoms with E-state index < -0.39 is 0 Å². The van der Waals surface area contributed by atoms with E-state index in [9.17, 15) is 0 Å². The van der Waals surface area contributed by atoms with Crippen molar-refractivity contribution in [2.75, 3.05) is 31.3 Å². The molecule has 2 N–H and O–H groups in total. The molecule has 1 saturated carbocycles. The topological polar surface area (TPSA) is 52.6 Å². The number of nitrogens with zero attached hydrogens (tertiary/aromatic N) is 3. The maximum absolute atomic E-state index is 4.73. The largest absolute Gasteiger partial charge is 0.357 e. The van der Waals surface area contributed by atoms with Crippen molar-refractivity contribution >= 4 is 34.2 Å². The van der Waals surface area contributed by atoms with Crippen molar-refractivity contribution in [3.8, 4) is 0 Å². The van der Waals surface area contributed by atoms with Crippen LogP contribution in [0.3, 0.4) is 0 Å². The van der Waals surface area contributed by atoms with Crippen molar-refractivity contribution in [1.82, 2.24) is 15.6 Å². The Hall–Kier alpha value is -0.950. The summed E-state index contributed by atoms with van der Waals surface area (Å²) in [4.78, 5) is 11.4. The zero-order valence-electron chi connectivity index (χ0n) is 15.3. The number of thioether (sulfide) groups is 1. The quantitative estimate of drug-likeness (QED) is 0.570. The van der Waals surface area contributed by atoms with E-state index in [1.807, 2.05) is 19.0 Å². The highest BCUT2D eigenvalue weighted by atomic mass is 32.2. The minimum atomic E-state index is 0.536. The van der Waals surface area contributed by atoms with Crippen molar-refractivity contribution in [2.24, 2.45) is 4.99 Å². The fourth-order valence-electron chi connectivity index (χ4n) is 2.91. The molecule has 1 aliphatic carbocycles. The SMILES string of the molecule is CCNC(=NCc1csc(N(C)C)n1)NC1CCCC(SCC)C1. The lowest BCUT2D eigenvalue weighted by Gasteiger charge is -2.30.